The summed E-state index contributed by atoms with van der Waals surface area (Å²) in [6.07, 6.45) is 15.2. The van der Waals surface area contributed by atoms with E-state index >= 15 is 0 Å². The van der Waals surface area contributed by atoms with Crippen LogP contribution in [-0.2, 0) is 13.9 Å². The summed E-state index contributed by atoms with van der Waals surface area (Å²) in [5, 5.41) is 19.2. The van der Waals surface area contributed by atoms with E-state index in [-0.39, 0.29) is 6.42 Å². The fourth-order valence-electron chi connectivity index (χ4n) is 3.30. The van der Waals surface area contributed by atoms with Crippen LogP contribution in [-0.4, -0.2) is 44.6 Å². The molecule has 0 bridgehead atoms. The number of Topliss-reactive ketones (excluding diaryl/α,β-unsaturated/α-hetero) is 1. The van der Waals surface area contributed by atoms with E-state index in [1.54, 1.807) is 0 Å². The molecule has 29 heavy (non-hydrogen) atoms. The Bertz CT molecular complexity index is 439. The molecule has 0 rings (SSSR count). The SMILES string of the molecule is CCCCCCCCCCCCCCCCCC(=O)C(O)C(O)COP(=O)(O)O. The monoisotopic (exact) mass is 438 g/mol. The second-order valence-electron chi connectivity index (χ2n) is 7.96. The Morgan fingerprint density at radius 2 is 1.14 bits per heavy atom. The zero-order valence-electron chi connectivity index (χ0n) is 18.1. The van der Waals surface area contributed by atoms with Crippen molar-refractivity contribution < 1.29 is 33.9 Å². The molecule has 0 fully saturated rings. The van der Waals surface area contributed by atoms with Gasteiger partial charge in [0, 0.05) is 6.42 Å². The van der Waals surface area contributed by atoms with Crippen molar-refractivity contribution in [2.24, 2.45) is 0 Å². The average Bonchev–Trinajstić information content (AvgIpc) is 2.67. The van der Waals surface area contributed by atoms with E-state index in [0.29, 0.717) is 6.42 Å². The van der Waals surface area contributed by atoms with Crippen molar-refractivity contribution in [1.29, 1.82) is 0 Å². The standard InChI is InChI=1S/C21H43O7P/c1-2-3-4-5-6-7-8-9-10-11-12-13-14-15-16-17-19(22)21(24)20(23)18-28-29(25,26)27/h20-21,23-24H,2-18H2,1H3,(H2,25,26,27). The van der Waals surface area contributed by atoms with Crippen LogP contribution in [0, 0.1) is 0 Å². The highest BCUT2D eigenvalue weighted by Gasteiger charge is 2.26. The van der Waals surface area contributed by atoms with Gasteiger partial charge in [0.05, 0.1) is 6.61 Å². The Hall–Kier alpha value is -0.300. The smallest absolute Gasteiger partial charge is 0.388 e. The van der Waals surface area contributed by atoms with Crippen LogP contribution in [0.15, 0.2) is 0 Å². The number of unbranched alkanes of at least 4 members (excludes halogenated alkanes) is 14. The average molecular weight is 439 g/mol. The van der Waals surface area contributed by atoms with Gasteiger partial charge in [-0.25, -0.2) is 4.57 Å². The largest absolute Gasteiger partial charge is 0.469 e. The predicted molar refractivity (Wildman–Crippen MR) is 115 cm³/mol. The Morgan fingerprint density at radius 3 is 1.52 bits per heavy atom. The van der Waals surface area contributed by atoms with Crippen molar-refractivity contribution in [3.8, 4) is 0 Å². The summed E-state index contributed by atoms with van der Waals surface area (Å²) in [6.45, 7) is 1.46. The Morgan fingerprint density at radius 1 is 0.759 bits per heavy atom. The number of carbonyl (C=O) groups excluding carboxylic acids is 1. The lowest BCUT2D eigenvalue weighted by atomic mass is 10.0. The van der Waals surface area contributed by atoms with E-state index in [1.165, 1.54) is 70.6 Å². The molecular formula is C21H43O7P. The Labute approximate surface area is 176 Å². The second-order valence-corrected chi connectivity index (χ2v) is 9.20. The Kier molecular flexibility index (Phi) is 18.3. The minimum atomic E-state index is -4.73. The van der Waals surface area contributed by atoms with Crippen LogP contribution in [0.1, 0.15) is 110 Å². The quantitative estimate of drug-likeness (QED) is 0.152. The van der Waals surface area contributed by atoms with Crippen LogP contribution in [0.3, 0.4) is 0 Å². The maximum Gasteiger partial charge on any atom is 0.469 e. The third-order valence-corrected chi connectivity index (χ3v) is 5.62. The molecule has 0 aliphatic rings. The molecule has 0 amide bonds. The van der Waals surface area contributed by atoms with Crippen LogP contribution in [0.25, 0.3) is 0 Å². The fraction of sp³-hybridized carbons (Fsp3) is 0.952. The van der Waals surface area contributed by atoms with Gasteiger partial charge in [0.2, 0.25) is 0 Å². The van der Waals surface area contributed by atoms with E-state index < -0.39 is 32.4 Å². The van der Waals surface area contributed by atoms with Gasteiger partial charge in [-0.1, -0.05) is 96.8 Å². The lowest BCUT2D eigenvalue weighted by Crippen LogP contribution is -2.36. The third-order valence-electron chi connectivity index (χ3n) is 5.13. The number of hydrogen-bond acceptors (Lipinski definition) is 5. The van der Waals surface area contributed by atoms with Gasteiger partial charge in [-0.05, 0) is 6.42 Å². The van der Waals surface area contributed by atoms with Gasteiger partial charge in [-0.15, -0.1) is 0 Å². The maximum absolute atomic E-state index is 11.8. The van der Waals surface area contributed by atoms with E-state index in [0.717, 1.165) is 19.3 Å². The number of phosphoric acid groups is 1. The van der Waals surface area contributed by atoms with Crippen LogP contribution in [0.2, 0.25) is 0 Å². The van der Waals surface area contributed by atoms with E-state index in [1.807, 2.05) is 0 Å². The zero-order valence-corrected chi connectivity index (χ0v) is 19.0. The van der Waals surface area contributed by atoms with Crippen molar-refractivity contribution in [2.45, 2.75) is 122 Å². The lowest BCUT2D eigenvalue weighted by Gasteiger charge is -2.17. The maximum atomic E-state index is 11.8. The Balaban J connectivity index is 3.45. The van der Waals surface area contributed by atoms with Crippen molar-refractivity contribution in [1.82, 2.24) is 0 Å². The minimum Gasteiger partial charge on any atom is -0.388 e. The number of aliphatic hydroxyl groups excluding tert-OH is 2. The van der Waals surface area contributed by atoms with Gasteiger partial charge < -0.3 is 20.0 Å². The van der Waals surface area contributed by atoms with Gasteiger partial charge in [-0.3, -0.25) is 9.32 Å². The molecule has 0 saturated heterocycles. The molecule has 174 valence electrons. The molecule has 0 saturated carbocycles. The molecule has 0 spiro atoms. The molecule has 0 aromatic heterocycles. The molecular weight excluding hydrogens is 395 g/mol. The van der Waals surface area contributed by atoms with Crippen LogP contribution in [0.5, 0.6) is 0 Å². The number of rotatable bonds is 21. The van der Waals surface area contributed by atoms with Gasteiger partial charge in [0.25, 0.3) is 0 Å². The van der Waals surface area contributed by atoms with E-state index in [2.05, 4.69) is 11.4 Å². The van der Waals surface area contributed by atoms with E-state index in [4.69, 9.17) is 9.79 Å². The second kappa shape index (κ2) is 18.5. The fourth-order valence-corrected chi connectivity index (χ4v) is 3.64. The summed E-state index contributed by atoms with van der Waals surface area (Å²) >= 11 is 0. The first-order valence-corrected chi connectivity index (χ1v) is 12.9. The first-order valence-electron chi connectivity index (χ1n) is 11.4. The molecule has 4 N–H and O–H groups in total. The van der Waals surface area contributed by atoms with E-state index in [9.17, 15) is 19.6 Å². The number of hydrogen-bond donors (Lipinski definition) is 4. The number of ketones is 1. The molecule has 7 nitrogen and oxygen atoms in total. The number of aliphatic hydroxyl groups is 2. The molecule has 8 heteroatoms. The van der Waals surface area contributed by atoms with Crippen molar-refractivity contribution in [3.05, 3.63) is 0 Å². The first kappa shape index (κ1) is 28.7. The zero-order chi connectivity index (χ0) is 22.0. The number of phosphoric ester groups is 1. The first-order chi connectivity index (χ1) is 13.8. The molecule has 0 aliphatic carbocycles. The molecule has 0 aliphatic heterocycles. The molecule has 0 aromatic carbocycles. The van der Waals surface area contributed by atoms with Gasteiger partial charge in [-0.2, -0.15) is 0 Å². The van der Waals surface area contributed by atoms with Gasteiger partial charge in [0.15, 0.2) is 5.78 Å². The van der Waals surface area contributed by atoms with Gasteiger partial charge >= 0.3 is 7.82 Å². The summed E-state index contributed by atoms with van der Waals surface area (Å²) in [6, 6.07) is 0. The molecule has 0 radical (unpaired) electrons. The molecule has 2 unspecified atom stereocenters. The highest BCUT2D eigenvalue weighted by atomic mass is 31.2. The molecule has 0 heterocycles. The van der Waals surface area contributed by atoms with Crippen LogP contribution in [0.4, 0.5) is 0 Å². The minimum absolute atomic E-state index is 0.145. The highest BCUT2D eigenvalue weighted by molar-refractivity contribution is 7.46. The highest BCUT2D eigenvalue weighted by Crippen LogP contribution is 2.35. The predicted octanol–water partition coefficient (Wildman–Crippen LogP) is 4.65. The number of carbonyl (C=O) groups is 1. The summed E-state index contributed by atoms with van der Waals surface area (Å²) in [5.41, 5.74) is 0. The van der Waals surface area contributed by atoms with Crippen LogP contribution < -0.4 is 0 Å². The third kappa shape index (κ3) is 19.4. The summed E-state index contributed by atoms with van der Waals surface area (Å²) < 4.78 is 14.6. The normalized spacial score (nSPS) is 14.1. The van der Waals surface area contributed by atoms with Crippen molar-refractivity contribution >= 4 is 13.6 Å². The molecule has 0 aromatic rings. The molecule has 2 atom stereocenters. The topological polar surface area (TPSA) is 124 Å². The van der Waals surface area contributed by atoms with Crippen LogP contribution >= 0.6 is 7.82 Å². The summed E-state index contributed by atoms with van der Waals surface area (Å²) in [7, 11) is -4.73. The van der Waals surface area contributed by atoms with Gasteiger partial charge in [0.1, 0.15) is 12.2 Å². The van der Waals surface area contributed by atoms with Crippen molar-refractivity contribution in [3.63, 3.8) is 0 Å². The lowest BCUT2D eigenvalue weighted by molar-refractivity contribution is -0.134. The summed E-state index contributed by atoms with van der Waals surface area (Å²) in [4.78, 5) is 28.9. The summed E-state index contributed by atoms with van der Waals surface area (Å²) in [5.74, 6) is -0.526. The van der Waals surface area contributed by atoms with Crippen molar-refractivity contribution in [2.75, 3.05) is 6.61 Å².